The normalized spacial score (nSPS) is 11.5. The number of rotatable bonds is 3. The summed E-state index contributed by atoms with van der Waals surface area (Å²) >= 11 is 0. The van der Waals surface area contributed by atoms with E-state index < -0.39 is 0 Å². The number of fused-ring (bicyclic) bond motifs is 1. The molecule has 0 atom stereocenters. The van der Waals surface area contributed by atoms with Crippen LogP contribution in [0.3, 0.4) is 0 Å². The maximum absolute atomic E-state index is 5.39. The van der Waals surface area contributed by atoms with E-state index in [0.717, 1.165) is 17.9 Å². The Morgan fingerprint density at radius 3 is 3.21 bits per heavy atom. The smallest absolute Gasteiger partial charge is 0.234 e. The third kappa shape index (κ3) is 1.65. The van der Waals surface area contributed by atoms with Gasteiger partial charge in [-0.25, -0.2) is 9.97 Å². The molecule has 0 saturated heterocycles. The molecule has 0 unspecified atom stereocenters. The van der Waals surface area contributed by atoms with Crippen LogP contribution in [0.25, 0.3) is 11.9 Å². The molecule has 72 valence electrons. The van der Waals surface area contributed by atoms with E-state index in [-0.39, 0.29) is 0 Å². The van der Waals surface area contributed by atoms with Gasteiger partial charge in [0.25, 0.3) is 0 Å². The van der Waals surface area contributed by atoms with Crippen LogP contribution in [0, 0.1) is 0 Å². The number of nitrogens with two attached hydrogens (primary N) is 1. The number of aromatic nitrogens is 3. The molecular weight excluding hydrogens is 176 g/mol. The van der Waals surface area contributed by atoms with Crippen LogP contribution >= 0.6 is 0 Å². The number of nitrogens with zero attached hydrogens (tertiary/aromatic N) is 3. The van der Waals surface area contributed by atoms with E-state index in [1.54, 1.807) is 12.4 Å². The van der Waals surface area contributed by atoms with Crippen LogP contribution in [-0.4, -0.2) is 20.9 Å². The Balaban J connectivity index is 2.34. The average Bonchev–Trinajstić information content (AvgIpc) is 2.63. The zero-order chi connectivity index (χ0) is 9.80. The van der Waals surface area contributed by atoms with Gasteiger partial charge >= 0.3 is 0 Å². The highest BCUT2D eigenvalue weighted by Crippen LogP contribution is 2.05. The van der Waals surface area contributed by atoms with E-state index in [1.165, 1.54) is 0 Å². The molecule has 14 heavy (non-hydrogen) atoms. The lowest BCUT2D eigenvalue weighted by atomic mass is 10.3. The summed E-state index contributed by atoms with van der Waals surface area (Å²) in [5, 5.41) is 0. The SMILES string of the molecule is NCCC=Cc1cnc2ncccn12. The molecule has 2 N–H and O–H groups in total. The second kappa shape index (κ2) is 4.02. The molecule has 4 heteroatoms. The Hall–Kier alpha value is -1.68. The molecule has 0 aliphatic carbocycles. The predicted octanol–water partition coefficient (Wildman–Crippen LogP) is 1.09. The minimum Gasteiger partial charge on any atom is -0.330 e. The van der Waals surface area contributed by atoms with Gasteiger partial charge in [0.05, 0.1) is 11.9 Å². The zero-order valence-electron chi connectivity index (χ0n) is 7.80. The van der Waals surface area contributed by atoms with Gasteiger partial charge < -0.3 is 5.73 Å². The monoisotopic (exact) mass is 188 g/mol. The van der Waals surface area contributed by atoms with Gasteiger partial charge in [-0.3, -0.25) is 4.40 Å². The predicted molar refractivity (Wildman–Crippen MR) is 55.7 cm³/mol. The number of imidazole rings is 1. The summed E-state index contributed by atoms with van der Waals surface area (Å²) in [5.74, 6) is 0.722. The van der Waals surface area contributed by atoms with Gasteiger partial charge in [0.2, 0.25) is 5.78 Å². The summed E-state index contributed by atoms with van der Waals surface area (Å²) in [7, 11) is 0. The third-order valence-corrected chi connectivity index (χ3v) is 1.94. The Labute approximate surface area is 82.1 Å². The lowest BCUT2D eigenvalue weighted by Gasteiger charge is -1.93. The molecule has 0 spiro atoms. The molecule has 0 amide bonds. The first kappa shape index (κ1) is 8.90. The van der Waals surface area contributed by atoms with Gasteiger partial charge in [-0.2, -0.15) is 0 Å². The van der Waals surface area contributed by atoms with E-state index >= 15 is 0 Å². The first-order chi connectivity index (χ1) is 6.92. The van der Waals surface area contributed by atoms with Gasteiger partial charge in [0.15, 0.2) is 0 Å². The molecule has 0 bridgehead atoms. The van der Waals surface area contributed by atoms with E-state index in [9.17, 15) is 0 Å². The Kier molecular flexibility index (Phi) is 2.55. The van der Waals surface area contributed by atoms with Crippen molar-refractivity contribution < 1.29 is 0 Å². The molecule has 0 aliphatic heterocycles. The summed E-state index contributed by atoms with van der Waals surface area (Å²) in [6.07, 6.45) is 10.4. The van der Waals surface area contributed by atoms with Crippen LogP contribution < -0.4 is 5.73 Å². The van der Waals surface area contributed by atoms with Crippen molar-refractivity contribution in [2.24, 2.45) is 5.73 Å². The highest BCUT2D eigenvalue weighted by molar-refractivity contribution is 5.49. The van der Waals surface area contributed by atoms with Crippen molar-refractivity contribution in [2.75, 3.05) is 6.54 Å². The van der Waals surface area contributed by atoms with Gasteiger partial charge in [-0.1, -0.05) is 6.08 Å². The molecule has 2 aromatic rings. The molecule has 2 rings (SSSR count). The molecule has 0 fully saturated rings. The number of hydrogen-bond donors (Lipinski definition) is 1. The fourth-order valence-corrected chi connectivity index (χ4v) is 1.27. The Morgan fingerprint density at radius 2 is 2.36 bits per heavy atom. The van der Waals surface area contributed by atoms with Gasteiger partial charge in [0, 0.05) is 12.4 Å². The molecule has 2 heterocycles. The van der Waals surface area contributed by atoms with E-state index in [1.807, 2.05) is 28.8 Å². The van der Waals surface area contributed by atoms with Crippen molar-refractivity contribution in [3.63, 3.8) is 0 Å². The van der Waals surface area contributed by atoms with Crippen LogP contribution in [0.2, 0.25) is 0 Å². The largest absolute Gasteiger partial charge is 0.330 e. The molecule has 0 radical (unpaired) electrons. The van der Waals surface area contributed by atoms with Crippen molar-refractivity contribution in [3.8, 4) is 0 Å². The topological polar surface area (TPSA) is 56.2 Å². The van der Waals surface area contributed by atoms with Crippen LogP contribution in [0.15, 0.2) is 30.7 Å². The first-order valence-corrected chi connectivity index (χ1v) is 4.56. The highest BCUT2D eigenvalue weighted by atomic mass is 15.1. The summed E-state index contributed by atoms with van der Waals surface area (Å²) < 4.78 is 1.94. The van der Waals surface area contributed by atoms with E-state index in [0.29, 0.717) is 6.54 Å². The zero-order valence-corrected chi connectivity index (χ0v) is 7.80. The summed E-state index contributed by atoms with van der Waals surface area (Å²) in [4.78, 5) is 8.29. The highest BCUT2D eigenvalue weighted by Gasteiger charge is 1.97. The fourth-order valence-electron chi connectivity index (χ4n) is 1.27. The van der Waals surface area contributed by atoms with Crippen LogP contribution in [0.5, 0.6) is 0 Å². The standard InChI is InChI=1S/C10H12N4/c11-5-2-1-4-9-8-13-10-12-6-3-7-14(9)10/h1,3-4,6-8H,2,5,11H2. The second-order valence-electron chi connectivity index (χ2n) is 2.95. The summed E-state index contributed by atoms with van der Waals surface area (Å²) in [5.41, 5.74) is 6.42. The summed E-state index contributed by atoms with van der Waals surface area (Å²) in [6.45, 7) is 0.672. The fraction of sp³-hybridized carbons (Fsp3) is 0.200. The van der Waals surface area contributed by atoms with Crippen molar-refractivity contribution in [1.82, 2.24) is 14.4 Å². The van der Waals surface area contributed by atoms with Crippen molar-refractivity contribution in [2.45, 2.75) is 6.42 Å². The quantitative estimate of drug-likeness (QED) is 0.784. The van der Waals surface area contributed by atoms with Crippen LogP contribution in [-0.2, 0) is 0 Å². The second-order valence-corrected chi connectivity index (χ2v) is 2.95. The lowest BCUT2D eigenvalue weighted by molar-refractivity contribution is 1.01. The minimum absolute atomic E-state index is 0.672. The minimum atomic E-state index is 0.672. The van der Waals surface area contributed by atoms with Gasteiger partial charge in [-0.15, -0.1) is 0 Å². The molecule has 0 aliphatic rings. The molecule has 0 aromatic carbocycles. The Bertz CT molecular complexity index is 444. The third-order valence-electron chi connectivity index (χ3n) is 1.94. The number of hydrogen-bond acceptors (Lipinski definition) is 3. The van der Waals surface area contributed by atoms with E-state index in [4.69, 9.17) is 5.73 Å². The van der Waals surface area contributed by atoms with Crippen molar-refractivity contribution in [3.05, 3.63) is 36.4 Å². The lowest BCUT2D eigenvalue weighted by Crippen LogP contribution is -1.95. The Morgan fingerprint density at radius 1 is 1.43 bits per heavy atom. The molecule has 2 aromatic heterocycles. The maximum Gasteiger partial charge on any atom is 0.234 e. The summed E-state index contributed by atoms with van der Waals surface area (Å²) in [6, 6.07) is 1.88. The van der Waals surface area contributed by atoms with Crippen LogP contribution in [0.4, 0.5) is 0 Å². The molecule has 4 nitrogen and oxygen atoms in total. The maximum atomic E-state index is 5.39. The molecular formula is C10H12N4. The van der Waals surface area contributed by atoms with Gasteiger partial charge in [-0.05, 0) is 25.1 Å². The average molecular weight is 188 g/mol. The van der Waals surface area contributed by atoms with Crippen molar-refractivity contribution >= 4 is 11.9 Å². The first-order valence-electron chi connectivity index (χ1n) is 4.56. The molecule has 0 saturated carbocycles. The van der Waals surface area contributed by atoms with Gasteiger partial charge in [0.1, 0.15) is 0 Å². The van der Waals surface area contributed by atoms with E-state index in [2.05, 4.69) is 9.97 Å². The van der Waals surface area contributed by atoms with Crippen LogP contribution in [0.1, 0.15) is 12.1 Å². The van der Waals surface area contributed by atoms with Crippen molar-refractivity contribution in [1.29, 1.82) is 0 Å².